The molecule has 0 spiro atoms. The Hall–Kier alpha value is -4.12. The van der Waals surface area contributed by atoms with Crippen LogP contribution in [0.3, 0.4) is 0 Å². The Morgan fingerprint density at radius 2 is 2.03 bits per heavy atom. The van der Waals surface area contributed by atoms with Crippen molar-refractivity contribution in [1.82, 2.24) is 24.5 Å². The van der Waals surface area contributed by atoms with Crippen LogP contribution in [0.5, 0.6) is 0 Å². The Morgan fingerprint density at radius 3 is 2.74 bits per heavy atom. The number of rotatable bonds is 6. The third-order valence-electron chi connectivity index (χ3n) is 5.61. The van der Waals surface area contributed by atoms with E-state index in [1.165, 1.54) is 12.4 Å². The van der Waals surface area contributed by atoms with Crippen molar-refractivity contribution in [3.05, 3.63) is 53.9 Å². The molecule has 0 unspecified atom stereocenters. The van der Waals surface area contributed by atoms with Crippen LogP contribution in [0.25, 0.3) is 11.1 Å². The number of anilines is 2. The summed E-state index contributed by atoms with van der Waals surface area (Å²) in [6.45, 7) is 4.75. The third-order valence-corrected chi connectivity index (χ3v) is 5.61. The van der Waals surface area contributed by atoms with Crippen LogP contribution in [0.15, 0.2) is 41.9 Å². The lowest BCUT2D eigenvalue weighted by atomic mass is 10.0. The minimum Gasteiger partial charge on any atom is -0.396 e. The van der Waals surface area contributed by atoms with Crippen molar-refractivity contribution in [1.29, 1.82) is 0 Å². The molecule has 11 heteroatoms. The van der Waals surface area contributed by atoms with Crippen molar-refractivity contribution in [3.8, 4) is 0 Å². The number of fused-ring (bicyclic) bond motifs is 1. The van der Waals surface area contributed by atoms with E-state index in [-0.39, 0.29) is 24.5 Å². The minimum atomic E-state index is -0.368. The van der Waals surface area contributed by atoms with Crippen LogP contribution in [0.1, 0.15) is 28.7 Å². The number of aliphatic hydroxyl groups excluding tert-OH is 1. The average molecular weight is 463 g/mol. The highest BCUT2D eigenvalue weighted by atomic mass is 16.3. The molecule has 3 amide bonds. The predicted molar refractivity (Wildman–Crippen MR) is 129 cm³/mol. The van der Waals surface area contributed by atoms with Crippen molar-refractivity contribution in [3.63, 3.8) is 0 Å². The summed E-state index contributed by atoms with van der Waals surface area (Å²) in [5.41, 5.74) is 3.97. The number of nitrogens with one attached hydrogen (secondary N) is 2. The first-order valence-electron chi connectivity index (χ1n) is 10.8. The number of allylic oxidation sites excluding steroid dienone is 2. The summed E-state index contributed by atoms with van der Waals surface area (Å²) in [7, 11) is 1.69. The van der Waals surface area contributed by atoms with Crippen LogP contribution in [0.4, 0.5) is 16.2 Å². The monoisotopic (exact) mass is 462 g/mol. The van der Waals surface area contributed by atoms with Gasteiger partial charge in [0.05, 0.1) is 58.6 Å². The zero-order valence-corrected chi connectivity index (χ0v) is 19.2. The summed E-state index contributed by atoms with van der Waals surface area (Å²) in [5.74, 6) is -0.245. The van der Waals surface area contributed by atoms with E-state index >= 15 is 0 Å². The van der Waals surface area contributed by atoms with Crippen LogP contribution in [-0.2, 0) is 0 Å². The molecule has 176 valence electrons. The molecular formula is C23H26N8O3. The summed E-state index contributed by atoms with van der Waals surface area (Å²) in [4.78, 5) is 39.7. The summed E-state index contributed by atoms with van der Waals surface area (Å²) >= 11 is 0. The zero-order valence-electron chi connectivity index (χ0n) is 19.2. The quantitative estimate of drug-likeness (QED) is 0.481. The molecule has 34 heavy (non-hydrogen) atoms. The van der Waals surface area contributed by atoms with Gasteiger partial charge in [0.2, 0.25) is 0 Å². The fourth-order valence-electron chi connectivity index (χ4n) is 3.61. The molecule has 1 saturated heterocycles. The van der Waals surface area contributed by atoms with Gasteiger partial charge in [0.25, 0.3) is 5.91 Å². The summed E-state index contributed by atoms with van der Waals surface area (Å²) in [6.07, 6.45) is 9.95. The highest BCUT2D eigenvalue weighted by Gasteiger charge is 2.30. The number of aryl methyl sites for hydroxylation is 1. The fraction of sp³-hybridized carbons (Fsp3) is 0.304. The van der Waals surface area contributed by atoms with E-state index in [4.69, 9.17) is 5.11 Å². The standard InChI is InChI=1S/C23H26N8O3/c1-4-16(6-24-3)20-12-31-21(9-26-20)18(8-27-31)22(33)29-19-5-17(7-25-14(19)2)28-23(34)30-10-15(11-30)13-32/h4-9,12,15,32H,10-11,13H2,1-3H3,(H,28,34)(H,29,33)/b16-4+,24-6?. The number of aromatic nitrogens is 4. The van der Waals surface area contributed by atoms with Crippen molar-refractivity contribution >= 4 is 40.6 Å². The maximum absolute atomic E-state index is 13.0. The number of aliphatic imine (C=N–C) groups is 1. The van der Waals surface area contributed by atoms with Crippen LogP contribution < -0.4 is 10.6 Å². The van der Waals surface area contributed by atoms with E-state index in [1.807, 2.05) is 13.0 Å². The Kier molecular flexibility index (Phi) is 6.64. The number of urea groups is 1. The normalized spacial score (nSPS) is 14.5. The first-order chi connectivity index (χ1) is 16.4. The molecular weight excluding hydrogens is 436 g/mol. The van der Waals surface area contributed by atoms with Gasteiger partial charge in [0.1, 0.15) is 0 Å². The van der Waals surface area contributed by atoms with Crippen LogP contribution in [-0.4, -0.2) is 74.5 Å². The smallest absolute Gasteiger partial charge is 0.321 e. The van der Waals surface area contributed by atoms with Gasteiger partial charge < -0.3 is 20.6 Å². The molecule has 0 atom stereocenters. The number of carbonyl (C=O) groups excluding carboxylic acids is 2. The summed E-state index contributed by atoms with van der Waals surface area (Å²) < 4.78 is 1.60. The van der Waals surface area contributed by atoms with Gasteiger partial charge in [0.15, 0.2) is 0 Å². The zero-order chi connectivity index (χ0) is 24.2. The maximum Gasteiger partial charge on any atom is 0.321 e. The second-order valence-corrected chi connectivity index (χ2v) is 7.99. The average Bonchev–Trinajstić information content (AvgIpc) is 3.22. The molecule has 1 fully saturated rings. The van der Waals surface area contributed by atoms with Crippen LogP contribution >= 0.6 is 0 Å². The molecule has 1 aliphatic heterocycles. The Labute approximate surface area is 196 Å². The second-order valence-electron chi connectivity index (χ2n) is 7.99. The molecule has 0 bridgehead atoms. The van der Waals surface area contributed by atoms with Gasteiger partial charge in [0, 0.05) is 44.4 Å². The summed E-state index contributed by atoms with van der Waals surface area (Å²) in [5, 5.41) is 19.0. The third kappa shape index (κ3) is 4.64. The van der Waals surface area contributed by atoms with E-state index < -0.39 is 0 Å². The van der Waals surface area contributed by atoms with Crippen molar-refractivity contribution in [2.24, 2.45) is 10.9 Å². The molecule has 4 rings (SSSR count). The number of nitrogens with zero attached hydrogens (tertiary/aromatic N) is 6. The Morgan fingerprint density at radius 1 is 1.24 bits per heavy atom. The molecule has 4 heterocycles. The number of aliphatic hydroxyl groups is 1. The van der Waals surface area contributed by atoms with Gasteiger partial charge in [-0.1, -0.05) is 6.08 Å². The molecule has 3 N–H and O–H groups in total. The fourth-order valence-corrected chi connectivity index (χ4v) is 3.61. The number of hydrogen-bond donors (Lipinski definition) is 3. The predicted octanol–water partition coefficient (Wildman–Crippen LogP) is 2.24. The highest BCUT2D eigenvalue weighted by Crippen LogP contribution is 2.22. The molecule has 0 saturated carbocycles. The molecule has 11 nitrogen and oxygen atoms in total. The number of hydrogen-bond acceptors (Lipinski definition) is 7. The van der Waals surface area contributed by atoms with E-state index in [0.29, 0.717) is 46.9 Å². The SMILES string of the molecule is C/C=C(\C=NC)c1cn2ncc(C(=O)Nc3cc(NC(=O)N4CC(CO)C4)cnc3C)c2cn1. The molecule has 3 aromatic rings. The molecule has 1 aliphatic rings. The lowest BCUT2D eigenvalue weighted by molar-refractivity contribution is 0.0838. The topological polar surface area (TPSA) is 137 Å². The van der Waals surface area contributed by atoms with Crippen molar-refractivity contribution < 1.29 is 14.7 Å². The maximum atomic E-state index is 13.0. The van der Waals surface area contributed by atoms with E-state index in [9.17, 15) is 9.59 Å². The van der Waals surface area contributed by atoms with Gasteiger partial charge in [-0.25, -0.2) is 9.31 Å². The molecule has 0 aromatic carbocycles. The lowest BCUT2D eigenvalue weighted by Crippen LogP contribution is -2.52. The Bertz CT molecular complexity index is 1290. The minimum absolute atomic E-state index is 0.0654. The van der Waals surface area contributed by atoms with E-state index in [1.54, 1.807) is 48.1 Å². The number of pyridine rings is 1. The van der Waals surface area contributed by atoms with Crippen LogP contribution in [0.2, 0.25) is 0 Å². The first kappa shape index (κ1) is 23.1. The Balaban J connectivity index is 1.50. The van der Waals surface area contributed by atoms with Crippen molar-refractivity contribution in [2.75, 3.05) is 37.4 Å². The second kappa shape index (κ2) is 9.79. The lowest BCUT2D eigenvalue weighted by Gasteiger charge is -2.38. The number of amides is 3. The molecule has 0 aliphatic carbocycles. The number of carbonyl (C=O) groups is 2. The van der Waals surface area contributed by atoms with Crippen LogP contribution in [0, 0.1) is 12.8 Å². The van der Waals surface area contributed by atoms with Crippen molar-refractivity contribution in [2.45, 2.75) is 13.8 Å². The largest absolute Gasteiger partial charge is 0.396 e. The highest BCUT2D eigenvalue weighted by molar-refractivity contribution is 6.10. The van der Waals surface area contributed by atoms with E-state index in [2.05, 4.69) is 30.7 Å². The van der Waals surface area contributed by atoms with Gasteiger partial charge in [-0.15, -0.1) is 0 Å². The van der Waals surface area contributed by atoms with Gasteiger partial charge in [-0.05, 0) is 19.9 Å². The molecule has 3 aromatic heterocycles. The van der Waals surface area contributed by atoms with Gasteiger partial charge in [-0.2, -0.15) is 5.10 Å². The first-order valence-corrected chi connectivity index (χ1v) is 10.8. The molecule has 0 radical (unpaired) electrons. The van der Waals surface area contributed by atoms with Gasteiger partial charge >= 0.3 is 6.03 Å². The van der Waals surface area contributed by atoms with E-state index in [0.717, 1.165) is 5.57 Å². The number of likely N-dealkylation sites (tertiary alicyclic amines) is 1. The summed E-state index contributed by atoms with van der Waals surface area (Å²) in [6, 6.07) is 1.39. The van der Waals surface area contributed by atoms with Gasteiger partial charge in [-0.3, -0.25) is 19.8 Å².